The van der Waals surface area contributed by atoms with E-state index in [0.717, 1.165) is 44.9 Å². The molecular weight excluding hydrogens is 360 g/mol. The lowest BCUT2D eigenvalue weighted by molar-refractivity contribution is -0.384. The Morgan fingerprint density at radius 1 is 1.32 bits per heavy atom. The van der Waals surface area contributed by atoms with E-state index in [0.29, 0.717) is 18.7 Å². The van der Waals surface area contributed by atoms with E-state index in [1.54, 1.807) is 18.3 Å². The lowest BCUT2D eigenvalue weighted by Crippen LogP contribution is -2.44. The summed E-state index contributed by atoms with van der Waals surface area (Å²) in [4.78, 5) is 30.1. The number of nitrogens with one attached hydrogen (secondary N) is 1. The van der Waals surface area contributed by atoms with Gasteiger partial charge in [-0.05, 0) is 18.6 Å². The van der Waals surface area contributed by atoms with Crippen LogP contribution in [0.4, 0.5) is 11.4 Å². The number of hydrazone groups is 1. The molecule has 2 aliphatic heterocycles. The number of nitro groups is 1. The van der Waals surface area contributed by atoms with Crippen LogP contribution in [0.3, 0.4) is 0 Å². The van der Waals surface area contributed by atoms with Gasteiger partial charge in [-0.2, -0.15) is 10.1 Å². The summed E-state index contributed by atoms with van der Waals surface area (Å²) in [6, 6.07) is 5.86. The quantitative estimate of drug-likeness (QED) is 0.416. The van der Waals surface area contributed by atoms with Crippen molar-refractivity contribution in [1.82, 2.24) is 10.2 Å². The van der Waals surface area contributed by atoms with Crippen molar-refractivity contribution in [2.75, 3.05) is 44.3 Å². The summed E-state index contributed by atoms with van der Waals surface area (Å²) < 4.78 is 0. The van der Waals surface area contributed by atoms with Crippen LogP contribution in [0.5, 0.6) is 0 Å². The van der Waals surface area contributed by atoms with Gasteiger partial charge in [-0.3, -0.25) is 24.8 Å². The number of carbonyl (C=O) groups excluding carboxylic acids is 1. The minimum atomic E-state index is -0.463. The van der Waals surface area contributed by atoms with Crippen LogP contribution in [0.2, 0.25) is 0 Å². The first kappa shape index (κ1) is 20.1. The molecule has 0 bridgehead atoms. The third kappa shape index (κ3) is 4.79. The molecule has 1 saturated heterocycles. The van der Waals surface area contributed by atoms with Crippen molar-refractivity contribution >= 4 is 29.2 Å². The van der Waals surface area contributed by atoms with Crippen LogP contribution < -0.4 is 10.3 Å². The van der Waals surface area contributed by atoms with Crippen LogP contribution >= 0.6 is 0 Å². The van der Waals surface area contributed by atoms with Gasteiger partial charge in [-0.1, -0.05) is 13.3 Å². The first-order valence-corrected chi connectivity index (χ1v) is 9.69. The molecule has 1 amide bonds. The maximum atomic E-state index is 12.9. The number of nitrogens with zero attached hydrogens (tertiary/aromatic N) is 5. The topological polar surface area (TPSA) is 103 Å². The van der Waals surface area contributed by atoms with Crippen molar-refractivity contribution in [3.05, 3.63) is 34.4 Å². The average Bonchev–Trinajstić information content (AvgIpc) is 3.02. The first-order valence-electron chi connectivity index (χ1n) is 9.69. The Hall–Kier alpha value is -2.65. The first-order chi connectivity index (χ1) is 13.6. The number of rotatable bonds is 8. The minimum Gasteiger partial charge on any atom is -0.314 e. The van der Waals surface area contributed by atoms with Crippen molar-refractivity contribution in [2.24, 2.45) is 16.0 Å². The molecule has 9 nitrogen and oxygen atoms in total. The summed E-state index contributed by atoms with van der Waals surface area (Å²) in [5.74, 6) is -0.624. The highest BCUT2D eigenvalue weighted by molar-refractivity contribution is 6.24. The molecule has 28 heavy (non-hydrogen) atoms. The van der Waals surface area contributed by atoms with Crippen LogP contribution in [0.15, 0.2) is 34.4 Å². The smallest absolute Gasteiger partial charge is 0.269 e. The van der Waals surface area contributed by atoms with Gasteiger partial charge in [0.25, 0.3) is 11.6 Å². The maximum Gasteiger partial charge on any atom is 0.269 e. The summed E-state index contributed by atoms with van der Waals surface area (Å²) >= 11 is 0. The van der Waals surface area contributed by atoms with Gasteiger partial charge in [-0.15, -0.1) is 0 Å². The van der Waals surface area contributed by atoms with E-state index in [-0.39, 0.29) is 11.6 Å². The number of benzene rings is 1. The number of amides is 1. The zero-order valence-electron chi connectivity index (χ0n) is 16.1. The molecule has 0 spiro atoms. The fourth-order valence-electron chi connectivity index (χ4n) is 3.34. The summed E-state index contributed by atoms with van der Waals surface area (Å²) in [7, 11) is 0. The number of carbonyl (C=O) groups is 1. The molecular formula is C19H26N6O3. The highest BCUT2D eigenvalue weighted by Gasteiger charge is 2.35. The Kier molecular flexibility index (Phi) is 6.83. The number of piperazine rings is 1. The summed E-state index contributed by atoms with van der Waals surface area (Å²) in [6.45, 7) is 7.62. The van der Waals surface area contributed by atoms with Crippen LogP contribution in [0, 0.1) is 16.0 Å². The van der Waals surface area contributed by atoms with E-state index < -0.39 is 10.8 Å². The van der Waals surface area contributed by atoms with Crippen molar-refractivity contribution in [2.45, 2.75) is 19.8 Å². The van der Waals surface area contributed by atoms with Crippen molar-refractivity contribution in [3.8, 4) is 0 Å². The average molecular weight is 386 g/mol. The largest absolute Gasteiger partial charge is 0.314 e. The van der Waals surface area contributed by atoms with Gasteiger partial charge in [0, 0.05) is 51.1 Å². The molecule has 0 aliphatic carbocycles. The van der Waals surface area contributed by atoms with E-state index >= 15 is 0 Å². The van der Waals surface area contributed by atoms with Crippen LogP contribution in [0.1, 0.15) is 19.8 Å². The number of hydrogen-bond donors (Lipinski definition) is 1. The summed E-state index contributed by atoms with van der Waals surface area (Å²) in [5.41, 5.74) is 1.30. The Bertz CT molecular complexity index is 755. The monoisotopic (exact) mass is 386 g/mol. The Labute approximate surface area is 164 Å². The fourth-order valence-corrected chi connectivity index (χ4v) is 3.34. The molecule has 9 heteroatoms. The summed E-state index contributed by atoms with van der Waals surface area (Å²) in [6.07, 6.45) is 3.31. The Balaban J connectivity index is 1.65. The molecule has 0 unspecified atom stereocenters. The van der Waals surface area contributed by atoms with Crippen molar-refractivity contribution in [1.29, 1.82) is 0 Å². The molecule has 1 aromatic rings. The van der Waals surface area contributed by atoms with Crippen LogP contribution in [-0.4, -0.2) is 66.9 Å². The molecule has 0 aromatic heterocycles. The highest BCUT2D eigenvalue weighted by Crippen LogP contribution is 2.26. The maximum absolute atomic E-state index is 12.9. The van der Waals surface area contributed by atoms with Gasteiger partial charge in [0.2, 0.25) is 0 Å². The fraction of sp³-hybridized carbons (Fsp3) is 0.526. The zero-order chi connectivity index (χ0) is 19.9. The van der Waals surface area contributed by atoms with Gasteiger partial charge in [0.05, 0.1) is 22.9 Å². The second-order valence-electron chi connectivity index (χ2n) is 6.89. The predicted octanol–water partition coefficient (Wildman–Crippen LogP) is 1.69. The Morgan fingerprint density at radius 3 is 2.68 bits per heavy atom. The number of non-ortho nitro benzene ring substituents is 1. The van der Waals surface area contributed by atoms with Gasteiger partial charge in [0.15, 0.2) is 0 Å². The molecule has 1 aromatic carbocycles. The highest BCUT2D eigenvalue weighted by atomic mass is 16.6. The number of anilines is 1. The second kappa shape index (κ2) is 9.52. The van der Waals surface area contributed by atoms with E-state index in [1.807, 2.05) is 6.92 Å². The van der Waals surface area contributed by atoms with Gasteiger partial charge >= 0.3 is 0 Å². The van der Waals surface area contributed by atoms with E-state index in [2.05, 4.69) is 20.3 Å². The summed E-state index contributed by atoms with van der Waals surface area (Å²) in [5, 5.41) is 20.0. The molecule has 150 valence electrons. The lowest BCUT2D eigenvalue weighted by atomic mass is 10.0. The zero-order valence-corrected chi connectivity index (χ0v) is 16.1. The number of nitro benzene ring substituents is 1. The number of aliphatic imine (C=N–C) groups is 1. The molecule has 0 radical (unpaired) electrons. The molecule has 2 heterocycles. The minimum absolute atomic E-state index is 0.0146. The molecule has 1 atom stereocenters. The second-order valence-corrected chi connectivity index (χ2v) is 6.89. The van der Waals surface area contributed by atoms with Gasteiger partial charge in [-0.25, -0.2) is 0 Å². The van der Waals surface area contributed by atoms with E-state index in [1.165, 1.54) is 17.1 Å². The van der Waals surface area contributed by atoms with Gasteiger partial charge < -0.3 is 5.32 Å². The van der Waals surface area contributed by atoms with Crippen LogP contribution in [0.25, 0.3) is 0 Å². The molecule has 1 N–H and O–H groups in total. The van der Waals surface area contributed by atoms with Gasteiger partial charge in [0.1, 0.15) is 5.92 Å². The number of hydrogen-bond acceptors (Lipinski definition) is 7. The molecule has 1 fully saturated rings. The van der Waals surface area contributed by atoms with E-state index in [4.69, 9.17) is 0 Å². The standard InChI is InChI=1S/C19H26N6O3/c1-2-3-18-17(14-21-10-13-23-11-8-20-9-12-23)19(26)24(22-18)15-4-6-16(7-5-15)25(27)28/h4-7,14,17,20H,2-3,8-13H2,1H3/t17-/m1/s1. The normalized spacial score (nSPS) is 20.8. The predicted molar refractivity (Wildman–Crippen MR) is 109 cm³/mol. The lowest BCUT2D eigenvalue weighted by Gasteiger charge is -2.26. The van der Waals surface area contributed by atoms with E-state index in [9.17, 15) is 14.9 Å². The SMILES string of the molecule is CCCC1=NN(c2ccc([N+](=O)[O-])cc2)C(=O)[C@@H]1C=NCCN1CCNCC1. The van der Waals surface area contributed by atoms with Crippen molar-refractivity contribution < 1.29 is 9.72 Å². The molecule has 3 rings (SSSR count). The Morgan fingerprint density at radius 2 is 2.04 bits per heavy atom. The van der Waals surface area contributed by atoms with Crippen molar-refractivity contribution in [3.63, 3.8) is 0 Å². The molecule has 0 saturated carbocycles. The molecule has 2 aliphatic rings. The third-order valence-corrected chi connectivity index (χ3v) is 4.88. The third-order valence-electron chi connectivity index (χ3n) is 4.88. The van der Waals surface area contributed by atoms with Crippen LogP contribution in [-0.2, 0) is 4.79 Å².